The van der Waals surface area contributed by atoms with Crippen molar-refractivity contribution in [3.63, 3.8) is 0 Å². The van der Waals surface area contributed by atoms with E-state index in [2.05, 4.69) is 15.1 Å². The van der Waals surface area contributed by atoms with E-state index in [4.69, 9.17) is 9.26 Å². The summed E-state index contributed by atoms with van der Waals surface area (Å²) < 4.78 is 28.4. The van der Waals surface area contributed by atoms with Gasteiger partial charge in [-0.3, -0.25) is 9.20 Å². The second kappa shape index (κ2) is 6.73. The predicted octanol–water partition coefficient (Wildman–Crippen LogP) is 3.83. The molecule has 0 unspecified atom stereocenters. The Hall–Kier alpha value is -3.07. The van der Waals surface area contributed by atoms with E-state index in [0.717, 1.165) is 25.7 Å². The van der Waals surface area contributed by atoms with Crippen LogP contribution in [0.4, 0.5) is 4.39 Å². The molecule has 5 rings (SSSR count). The molecule has 0 radical (unpaired) electrons. The van der Waals surface area contributed by atoms with Crippen LogP contribution in [0.3, 0.4) is 0 Å². The van der Waals surface area contributed by atoms with E-state index in [1.54, 1.807) is 22.1 Å². The maximum absolute atomic E-state index is 13.9. The Labute approximate surface area is 171 Å². The lowest BCUT2D eigenvalue weighted by Gasteiger charge is -2.21. The lowest BCUT2D eigenvalue weighted by atomic mass is 10.0. The molecule has 156 valence electrons. The fourth-order valence-corrected chi connectivity index (χ4v) is 4.48. The fourth-order valence-electron chi connectivity index (χ4n) is 4.48. The van der Waals surface area contributed by atoms with Gasteiger partial charge in [-0.1, -0.05) is 5.16 Å². The molecule has 30 heavy (non-hydrogen) atoms. The first kappa shape index (κ1) is 18.9. The normalized spacial score (nSPS) is 16.3. The minimum Gasteiger partial charge on any atom is -0.368 e. The number of fused-ring (bicyclic) bond motifs is 3. The fraction of sp³-hybridized carbons (Fsp3) is 0.429. The van der Waals surface area contributed by atoms with Gasteiger partial charge in [-0.15, -0.1) is 0 Å². The van der Waals surface area contributed by atoms with Gasteiger partial charge in [0.05, 0.1) is 11.0 Å². The van der Waals surface area contributed by atoms with E-state index in [1.165, 1.54) is 18.5 Å². The second-order valence-corrected chi connectivity index (χ2v) is 8.04. The Morgan fingerprint density at radius 1 is 1.23 bits per heavy atom. The number of hydrogen-bond donors (Lipinski definition) is 0. The molecule has 0 N–H and O–H groups in total. The minimum atomic E-state index is -0.580. The summed E-state index contributed by atoms with van der Waals surface area (Å²) in [4.78, 5) is 22.4. The van der Waals surface area contributed by atoms with Crippen LogP contribution in [0.25, 0.3) is 28.1 Å². The topological polar surface area (TPSA) is 87.5 Å². The maximum atomic E-state index is 13.9. The third kappa shape index (κ3) is 2.61. The van der Waals surface area contributed by atoms with Gasteiger partial charge in [0.25, 0.3) is 11.4 Å². The molecular formula is C21H22FN5O3. The van der Waals surface area contributed by atoms with E-state index in [-0.39, 0.29) is 17.4 Å². The van der Waals surface area contributed by atoms with Crippen molar-refractivity contribution in [2.45, 2.75) is 51.2 Å². The van der Waals surface area contributed by atoms with Crippen molar-refractivity contribution in [2.24, 2.45) is 0 Å². The molecule has 0 spiro atoms. The summed E-state index contributed by atoms with van der Waals surface area (Å²) in [5, 5.41) is 4.11. The van der Waals surface area contributed by atoms with Gasteiger partial charge >= 0.3 is 0 Å². The molecule has 1 fully saturated rings. The SMILES string of the molecule is COC1(c2nc(-c3ncn4c3c(=O)n(C(C)C)c3cc(F)ccc34)no2)CCCC1. The van der Waals surface area contributed by atoms with E-state index >= 15 is 0 Å². The minimum absolute atomic E-state index is 0.175. The molecular weight excluding hydrogens is 389 g/mol. The van der Waals surface area contributed by atoms with E-state index in [9.17, 15) is 9.18 Å². The predicted molar refractivity (Wildman–Crippen MR) is 108 cm³/mol. The first-order valence-electron chi connectivity index (χ1n) is 10.1. The average molecular weight is 411 g/mol. The first-order chi connectivity index (χ1) is 14.4. The Morgan fingerprint density at radius 2 is 2.00 bits per heavy atom. The molecule has 0 amide bonds. The summed E-state index contributed by atoms with van der Waals surface area (Å²) in [6.07, 6.45) is 5.22. The van der Waals surface area contributed by atoms with E-state index in [1.807, 2.05) is 13.8 Å². The Kier molecular flexibility index (Phi) is 4.25. The van der Waals surface area contributed by atoms with Gasteiger partial charge < -0.3 is 13.8 Å². The molecule has 3 aromatic heterocycles. The average Bonchev–Trinajstić information content (AvgIpc) is 3.46. The number of nitrogens with zero attached hydrogens (tertiary/aromatic N) is 5. The molecule has 0 bridgehead atoms. The highest BCUT2D eigenvalue weighted by atomic mass is 19.1. The van der Waals surface area contributed by atoms with Crippen LogP contribution in [0.5, 0.6) is 0 Å². The van der Waals surface area contributed by atoms with E-state index < -0.39 is 11.4 Å². The number of ether oxygens (including phenoxy) is 1. The Morgan fingerprint density at radius 3 is 2.70 bits per heavy atom. The standard InChI is InChI=1S/C21H22FN5O3/c1-12(2)27-15-10-13(22)6-7-14(15)26-11-23-16(17(26)19(27)28)18-24-20(30-25-18)21(29-3)8-4-5-9-21/h6-7,10-12H,4-5,8-9H2,1-3H3. The Bertz CT molecular complexity index is 1310. The van der Waals surface area contributed by atoms with Crippen LogP contribution < -0.4 is 5.56 Å². The van der Waals surface area contributed by atoms with Crippen LogP contribution in [0.2, 0.25) is 0 Å². The van der Waals surface area contributed by atoms with Crippen LogP contribution in [0.1, 0.15) is 51.5 Å². The highest BCUT2D eigenvalue weighted by Crippen LogP contribution is 2.41. The van der Waals surface area contributed by atoms with Crippen LogP contribution in [-0.4, -0.2) is 31.2 Å². The molecule has 1 aromatic carbocycles. The van der Waals surface area contributed by atoms with Crippen molar-refractivity contribution in [3.05, 3.63) is 46.6 Å². The molecule has 0 atom stereocenters. The number of hydrogen-bond acceptors (Lipinski definition) is 6. The molecule has 0 aliphatic heterocycles. The molecule has 0 saturated heterocycles. The molecule has 8 nitrogen and oxygen atoms in total. The maximum Gasteiger partial charge on any atom is 0.278 e. The zero-order valence-corrected chi connectivity index (χ0v) is 17.1. The zero-order chi connectivity index (χ0) is 21.0. The third-order valence-electron chi connectivity index (χ3n) is 5.99. The monoisotopic (exact) mass is 411 g/mol. The number of methoxy groups -OCH3 is 1. The van der Waals surface area contributed by atoms with Crippen molar-refractivity contribution >= 4 is 16.6 Å². The molecule has 4 aromatic rings. The number of rotatable bonds is 4. The van der Waals surface area contributed by atoms with Crippen molar-refractivity contribution in [1.29, 1.82) is 0 Å². The summed E-state index contributed by atoms with van der Waals surface area (Å²) in [7, 11) is 1.65. The lowest BCUT2D eigenvalue weighted by molar-refractivity contribution is -0.0342. The lowest BCUT2D eigenvalue weighted by Crippen LogP contribution is -2.25. The summed E-state index contributed by atoms with van der Waals surface area (Å²) in [5.74, 6) is 0.246. The third-order valence-corrected chi connectivity index (χ3v) is 5.99. The molecule has 1 saturated carbocycles. The van der Waals surface area contributed by atoms with E-state index in [0.29, 0.717) is 28.1 Å². The first-order valence-corrected chi connectivity index (χ1v) is 10.1. The van der Waals surface area contributed by atoms with Crippen molar-refractivity contribution in [1.82, 2.24) is 24.1 Å². The van der Waals surface area contributed by atoms with Crippen LogP contribution in [-0.2, 0) is 10.3 Å². The van der Waals surface area contributed by atoms with Crippen molar-refractivity contribution in [2.75, 3.05) is 7.11 Å². The van der Waals surface area contributed by atoms with Gasteiger partial charge in [-0.05, 0) is 57.7 Å². The summed E-state index contributed by atoms with van der Waals surface area (Å²) in [5.41, 5.74) is 0.969. The number of aromatic nitrogens is 5. The molecule has 9 heteroatoms. The highest BCUT2D eigenvalue weighted by Gasteiger charge is 2.41. The number of benzene rings is 1. The largest absolute Gasteiger partial charge is 0.368 e. The second-order valence-electron chi connectivity index (χ2n) is 8.04. The number of halogens is 1. The Balaban J connectivity index is 1.75. The van der Waals surface area contributed by atoms with Gasteiger partial charge in [0.2, 0.25) is 5.82 Å². The molecule has 3 heterocycles. The number of imidazole rings is 1. The van der Waals surface area contributed by atoms with Gasteiger partial charge in [-0.2, -0.15) is 4.98 Å². The molecule has 1 aliphatic carbocycles. The zero-order valence-electron chi connectivity index (χ0n) is 17.1. The van der Waals surface area contributed by atoms with Gasteiger partial charge in [0, 0.05) is 13.2 Å². The molecule has 1 aliphatic rings. The van der Waals surface area contributed by atoms with Gasteiger partial charge in [0.1, 0.15) is 29.0 Å². The van der Waals surface area contributed by atoms with Crippen LogP contribution in [0, 0.1) is 5.82 Å². The highest BCUT2D eigenvalue weighted by molar-refractivity contribution is 5.83. The van der Waals surface area contributed by atoms with Gasteiger partial charge in [0.15, 0.2) is 0 Å². The van der Waals surface area contributed by atoms with Gasteiger partial charge in [-0.25, -0.2) is 9.37 Å². The summed E-state index contributed by atoms with van der Waals surface area (Å²) in [6.45, 7) is 3.76. The van der Waals surface area contributed by atoms with Crippen LogP contribution >= 0.6 is 0 Å². The van der Waals surface area contributed by atoms with Crippen LogP contribution in [0.15, 0.2) is 33.8 Å². The van der Waals surface area contributed by atoms with Crippen molar-refractivity contribution < 1.29 is 13.7 Å². The van der Waals surface area contributed by atoms with Crippen molar-refractivity contribution in [3.8, 4) is 11.5 Å². The summed E-state index contributed by atoms with van der Waals surface area (Å²) >= 11 is 0. The summed E-state index contributed by atoms with van der Waals surface area (Å²) in [6, 6.07) is 4.20. The quantitative estimate of drug-likeness (QED) is 0.507. The smallest absolute Gasteiger partial charge is 0.278 e.